The molecule has 0 saturated carbocycles. The van der Waals surface area contributed by atoms with E-state index in [4.69, 9.17) is 5.11 Å². The van der Waals surface area contributed by atoms with Crippen LogP contribution in [0.2, 0.25) is 0 Å². The Bertz CT molecular complexity index is 265. The number of benzene rings is 1. The fourth-order valence-electron chi connectivity index (χ4n) is 1.22. The number of rotatable bonds is 4. The zero-order valence-corrected chi connectivity index (χ0v) is 8.35. The van der Waals surface area contributed by atoms with Crippen LogP contribution in [0.15, 0.2) is 24.3 Å². The first kappa shape index (κ1) is 10.5. The highest BCUT2D eigenvalue weighted by Crippen LogP contribution is 2.19. The molecule has 3 heteroatoms. The molecule has 0 saturated heterocycles. The molecule has 0 fully saturated rings. The van der Waals surface area contributed by atoms with Crippen LogP contribution in [0.3, 0.4) is 0 Å². The standard InChI is InChI=1S/C10H13FOS/c1-13-7-9(6-12)8-3-2-4-10(11)5-8/h2-5,9,12H,6-7H2,1H3. The maximum Gasteiger partial charge on any atom is 0.123 e. The number of hydrogen-bond acceptors (Lipinski definition) is 2. The molecule has 1 N–H and O–H groups in total. The Morgan fingerprint density at radius 3 is 2.85 bits per heavy atom. The van der Waals surface area contributed by atoms with Gasteiger partial charge in [-0.1, -0.05) is 12.1 Å². The molecule has 0 aliphatic heterocycles. The molecule has 1 rings (SSSR count). The molecular formula is C10H13FOS. The van der Waals surface area contributed by atoms with E-state index in [-0.39, 0.29) is 18.3 Å². The van der Waals surface area contributed by atoms with Crippen LogP contribution in [0.1, 0.15) is 11.5 Å². The molecule has 0 heterocycles. The van der Waals surface area contributed by atoms with Crippen LogP contribution < -0.4 is 0 Å². The zero-order chi connectivity index (χ0) is 9.68. The summed E-state index contributed by atoms with van der Waals surface area (Å²) in [5.74, 6) is 0.628. The molecule has 0 aliphatic rings. The summed E-state index contributed by atoms with van der Waals surface area (Å²) in [4.78, 5) is 0. The first-order valence-electron chi connectivity index (χ1n) is 4.13. The predicted molar refractivity (Wildman–Crippen MR) is 54.6 cm³/mol. The normalized spacial score (nSPS) is 12.8. The van der Waals surface area contributed by atoms with Crippen molar-refractivity contribution in [3.63, 3.8) is 0 Å². The van der Waals surface area contributed by atoms with E-state index in [0.717, 1.165) is 11.3 Å². The van der Waals surface area contributed by atoms with Crippen molar-refractivity contribution < 1.29 is 9.50 Å². The fraction of sp³-hybridized carbons (Fsp3) is 0.400. The highest BCUT2D eigenvalue weighted by Gasteiger charge is 2.09. The maximum absolute atomic E-state index is 12.8. The Morgan fingerprint density at radius 2 is 2.31 bits per heavy atom. The van der Waals surface area contributed by atoms with Gasteiger partial charge in [-0.25, -0.2) is 4.39 Å². The largest absolute Gasteiger partial charge is 0.396 e. The molecule has 0 spiro atoms. The third kappa shape index (κ3) is 3.01. The van der Waals surface area contributed by atoms with Gasteiger partial charge in [-0.2, -0.15) is 11.8 Å². The van der Waals surface area contributed by atoms with Crippen LogP contribution in [0.5, 0.6) is 0 Å². The summed E-state index contributed by atoms with van der Waals surface area (Å²) in [7, 11) is 0. The average Bonchev–Trinajstić information content (AvgIpc) is 2.14. The lowest BCUT2D eigenvalue weighted by Gasteiger charge is -2.12. The second-order valence-corrected chi connectivity index (χ2v) is 3.80. The van der Waals surface area contributed by atoms with E-state index in [0.29, 0.717) is 0 Å². The predicted octanol–water partition coefficient (Wildman–Crippen LogP) is 2.26. The number of halogens is 1. The summed E-state index contributed by atoms with van der Waals surface area (Å²) in [6.07, 6.45) is 1.97. The molecular weight excluding hydrogens is 187 g/mol. The first-order valence-corrected chi connectivity index (χ1v) is 5.52. The van der Waals surface area contributed by atoms with Crippen molar-refractivity contribution in [3.8, 4) is 0 Å². The molecule has 1 atom stereocenters. The summed E-state index contributed by atoms with van der Waals surface area (Å²) in [5, 5.41) is 9.07. The van der Waals surface area contributed by atoms with E-state index in [1.165, 1.54) is 12.1 Å². The Kier molecular flexibility index (Phi) is 4.25. The molecule has 1 aromatic carbocycles. The molecule has 0 amide bonds. The van der Waals surface area contributed by atoms with Gasteiger partial charge < -0.3 is 5.11 Å². The van der Waals surface area contributed by atoms with Crippen LogP contribution in [0, 0.1) is 5.82 Å². The van der Waals surface area contributed by atoms with Crippen molar-refractivity contribution in [2.24, 2.45) is 0 Å². The molecule has 0 aliphatic carbocycles. The summed E-state index contributed by atoms with van der Waals surface area (Å²) >= 11 is 1.65. The molecule has 0 aromatic heterocycles. The minimum atomic E-state index is -0.239. The van der Waals surface area contributed by atoms with Crippen molar-refractivity contribution >= 4 is 11.8 Å². The van der Waals surface area contributed by atoms with Crippen molar-refractivity contribution in [1.29, 1.82) is 0 Å². The first-order chi connectivity index (χ1) is 6.27. The number of hydrogen-bond donors (Lipinski definition) is 1. The summed E-state index contributed by atoms with van der Waals surface area (Å²) in [5.41, 5.74) is 0.872. The van der Waals surface area contributed by atoms with Gasteiger partial charge in [-0.15, -0.1) is 0 Å². The topological polar surface area (TPSA) is 20.2 Å². The summed E-state index contributed by atoms with van der Waals surface area (Å²) < 4.78 is 12.8. The lowest BCUT2D eigenvalue weighted by Crippen LogP contribution is -2.06. The number of aliphatic hydroxyl groups excluding tert-OH is 1. The monoisotopic (exact) mass is 200 g/mol. The second-order valence-electron chi connectivity index (χ2n) is 2.89. The van der Waals surface area contributed by atoms with E-state index < -0.39 is 0 Å². The lowest BCUT2D eigenvalue weighted by atomic mass is 10.0. The summed E-state index contributed by atoms with van der Waals surface area (Å²) in [6, 6.07) is 6.42. The van der Waals surface area contributed by atoms with Crippen LogP contribution in [0.25, 0.3) is 0 Å². The van der Waals surface area contributed by atoms with Gasteiger partial charge in [0.15, 0.2) is 0 Å². The maximum atomic E-state index is 12.8. The molecule has 1 nitrogen and oxygen atoms in total. The van der Waals surface area contributed by atoms with Gasteiger partial charge in [0, 0.05) is 11.7 Å². The third-order valence-corrected chi connectivity index (χ3v) is 2.64. The van der Waals surface area contributed by atoms with Crippen LogP contribution in [-0.4, -0.2) is 23.7 Å². The SMILES string of the molecule is CSCC(CO)c1cccc(F)c1. The van der Waals surface area contributed by atoms with Crippen LogP contribution in [0.4, 0.5) is 4.39 Å². The third-order valence-electron chi connectivity index (χ3n) is 1.91. The molecule has 1 aromatic rings. The lowest BCUT2D eigenvalue weighted by molar-refractivity contribution is 0.274. The van der Waals surface area contributed by atoms with E-state index in [9.17, 15) is 4.39 Å². The van der Waals surface area contributed by atoms with E-state index >= 15 is 0 Å². The molecule has 0 radical (unpaired) electrons. The minimum absolute atomic E-state index is 0.0469. The van der Waals surface area contributed by atoms with Gasteiger partial charge >= 0.3 is 0 Å². The van der Waals surface area contributed by atoms with Gasteiger partial charge in [0.1, 0.15) is 5.82 Å². The van der Waals surface area contributed by atoms with E-state index in [1.807, 2.05) is 12.3 Å². The molecule has 0 bridgehead atoms. The van der Waals surface area contributed by atoms with Crippen molar-refractivity contribution in [3.05, 3.63) is 35.6 Å². The number of aliphatic hydroxyl groups is 1. The van der Waals surface area contributed by atoms with Gasteiger partial charge in [-0.05, 0) is 24.0 Å². The highest BCUT2D eigenvalue weighted by atomic mass is 32.2. The Hall–Kier alpha value is -0.540. The Morgan fingerprint density at radius 1 is 1.54 bits per heavy atom. The quantitative estimate of drug-likeness (QED) is 0.804. The summed E-state index contributed by atoms with van der Waals surface area (Å²) in [6.45, 7) is 0.0737. The zero-order valence-electron chi connectivity index (χ0n) is 7.53. The molecule has 72 valence electrons. The van der Waals surface area contributed by atoms with E-state index in [2.05, 4.69) is 0 Å². The van der Waals surface area contributed by atoms with Gasteiger partial charge in [-0.3, -0.25) is 0 Å². The van der Waals surface area contributed by atoms with Gasteiger partial charge in [0.05, 0.1) is 6.61 Å². The molecule has 1 unspecified atom stereocenters. The van der Waals surface area contributed by atoms with Crippen LogP contribution in [-0.2, 0) is 0 Å². The minimum Gasteiger partial charge on any atom is -0.396 e. The Labute approximate surface area is 82.0 Å². The van der Waals surface area contributed by atoms with Crippen molar-refractivity contribution in [2.45, 2.75) is 5.92 Å². The van der Waals surface area contributed by atoms with Gasteiger partial charge in [0.25, 0.3) is 0 Å². The highest BCUT2D eigenvalue weighted by molar-refractivity contribution is 7.98. The van der Waals surface area contributed by atoms with E-state index in [1.54, 1.807) is 17.8 Å². The number of thioether (sulfide) groups is 1. The average molecular weight is 200 g/mol. The molecule has 13 heavy (non-hydrogen) atoms. The van der Waals surface area contributed by atoms with Crippen molar-refractivity contribution in [2.75, 3.05) is 18.6 Å². The fourth-order valence-corrected chi connectivity index (χ4v) is 1.92. The van der Waals surface area contributed by atoms with Gasteiger partial charge in [0.2, 0.25) is 0 Å². The smallest absolute Gasteiger partial charge is 0.123 e. The van der Waals surface area contributed by atoms with Crippen LogP contribution >= 0.6 is 11.8 Å². The van der Waals surface area contributed by atoms with Crippen molar-refractivity contribution in [1.82, 2.24) is 0 Å². The Balaban J connectivity index is 2.78. The second kappa shape index (κ2) is 5.25.